The Kier molecular flexibility index (Phi) is 2.85. The van der Waals surface area contributed by atoms with E-state index >= 15 is 0 Å². The molecule has 0 bridgehead atoms. The van der Waals surface area contributed by atoms with E-state index in [1.165, 1.54) is 0 Å². The summed E-state index contributed by atoms with van der Waals surface area (Å²) in [5.41, 5.74) is 1.57. The van der Waals surface area contributed by atoms with Gasteiger partial charge in [0.1, 0.15) is 5.69 Å². The molecule has 0 N–H and O–H groups in total. The van der Waals surface area contributed by atoms with Crippen molar-refractivity contribution in [1.29, 1.82) is 0 Å². The maximum atomic E-state index is 11.9. The zero-order chi connectivity index (χ0) is 11.5. The Morgan fingerprint density at radius 2 is 2.25 bits per heavy atom. The van der Waals surface area contributed by atoms with Crippen LogP contribution in [-0.2, 0) is 20.0 Å². The topological polar surface area (TPSA) is 52.7 Å². The highest BCUT2D eigenvalue weighted by Crippen LogP contribution is 2.06. The van der Waals surface area contributed by atoms with Crippen LogP contribution in [0.15, 0.2) is 24.9 Å². The minimum absolute atomic E-state index is 0.0654. The Bertz CT molecular complexity index is 498. The quantitative estimate of drug-likeness (QED) is 0.721. The van der Waals surface area contributed by atoms with Gasteiger partial charge in [-0.15, -0.1) is 0 Å². The second kappa shape index (κ2) is 4.30. The molecule has 0 unspecified atom stereocenters. The second-order valence-corrected chi connectivity index (χ2v) is 3.69. The van der Waals surface area contributed by atoms with Gasteiger partial charge in [0.05, 0.1) is 18.7 Å². The predicted molar refractivity (Wildman–Crippen MR) is 59.1 cm³/mol. The van der Waals surface area contributed by atoms with Gasteiger partial charge in [-0.05, 0) is 12.5 Å². The molecule has 5 nitrogen and oxygen atoms in total. The Morgan fingerprint density at radius 1 is 1.44 bits per heavy atom. The summed E-state index contributed by atoms with van der Waals surface area (Å²) < 4.78 is 3.54. The first-order chi connectivity index (χ1) is 7.70. The van der Waals surface area contributed by atoms with Gasteiger partial charge >= 0.3 is 0 Å². The standard InChI is InChI=1S/C11H14N4O/c1-3-15-7-9(5-13-15)4-11(16)10-6-12-8-14(10)2/h5-8H,3-4H2,1-2H3. The highest BCUT2D eigenvalue weighted by Gasteiger charge is 2.11. The van der Waals surface area contributed by atoms with E-state index in [1.54, 1.807) is 23.3 Å². The van der Waals surface area contributed by atoms with Gasteiger partial charge in [0, 0.05) is 26.2 Å². The third-order valence-corrected chi connectivity index (χ3v) is 2.48. The van der Waals surface area contributed by atoms with Crippen molar-refractivity contribution < 1.29 is 4.79 Å². The maximum absolute atomic E-state index is 11.9. The van der Waals surface area contributed by atoms with Gasteiger partial charge in [0.2, 0.25) is 0 Å². The fourth-order valence-electron chi connectivity index (χ4n) is 1.57. The van der Waals surface area contributed by atoms with Crippen molar-refractivity contribution in [3.8, 4) is 0 Å². The number of nitrogens with zero attached hydrogens (tertiary/aromatic N) is 4. The molecule has 2 aromatic heterocycles. The Hall–Kier alpha value is -1.91. The lowest BCUT2D eigenvalue weighted by Gasteiger charge is -1.99. The first-order valence-corrected chi connectivity index (χ1v) is 5.21. The van der Waals surface area contributed by atoms with Gasteiger partial charge < -0.3 is 4.57 Å². The number of carbonyl (C=O) groups is 1. The SMILES string of the molecule is CCn1cc(CC(=O)c2cncn2C)cn1. The maximum Gasteiger partial charge on any atom is 0.185 e. The van der Waals surface area contributed by atoms with Crippen LogP contribution in [0.1, 0.15) is 23.0 Å². The predicted octanol–water partition coefficient (Wildman–Crippen LogP) is 1.06. The Balaban J connectivity index is 2.11. The van der Waals surface area contributed by atoms with Gasteiger partial charge in [-0.3, -0.25) is 9.48 Å². The van der Waals surface area contributed by atoms with Crippen molar-refractivity contribution in [1.82, 2.24) is 19.3 Å². The molecule has 0 saturated carbocycles. The molecule has 0 saturated heterocycles. The number of imidazole rings is 1. The molecule has 84 valence electrons. The summed E-state index contributed by atoms with van der Waals surface area (Å²) in [4.78, 5) is 15.8. The minimum atomic E-state index is 0.0654. The van der Waals surface area contributed by atoms with Crippen molar-refractivity contribution in [2.24, 2.45) is 7.05 Å². The van der Waals surface area contributed by atoms with Crippen LogP contribution < -0.4 is 0 Å². The molecule has 0 aromatic carbocycles. The molecule has 2 rings (SSSR count). The first kappa shape index (κ1) is 10.6. The monoisotopic (exact) mass is 218 g/mol. The second-order valence-electron chi connectivity index (χ2n) is 3.69. The van der Waals surface area contributed by atoms with E-state index in [0.717, 1.165) is 12.1 Å². The molecule has 0 aliphatic carbocycles. The molecule has 2 aromatic rings. The highest BCUT2D eigenvalue weighted by atomic mass is 16.1. The molecule has 16 heavy (non-hydrogen) atoms. The fourth-order valence-corrected chi connectivity index (χ4v) is 1.57. The first-order valence-electron chi connectivity index (χ1n) is 5.21. The van der Waals surface area contributed by atoms with Crippen molar-refractivity contribution in [2.45, 2.75) is 19.9 Å². The Morgan fingerprint density at radius 3 is 2.81 bits per heavy atom. The molecule has 0 fully saturated rings. The summed E-state index contributed by atoms with van der Waals surface area (Å²) in [5.74, 6) is 0.0654. The average molecular weight is 218 g/mol. The third kappa shape index (κ3) is 2.03. The van der Waals surface area contributed by atoms with Crippen molar-refractivity contribution in [2.75, 3.05) is 0 Å². The summed E-state index contributed by atoms with van der Waals surface area (Å²) in [6, 6.07) is 0. The number of aryl methyl sites for hydroxylation is 2. The lowest BCUT2D eigenvalue weighted by molar-refractivity contribution is 0.0985. The molecule has 2 heterocycles. The third-order valence-electron chi connectivity index (χ3n) is 2.48. The van der Waals surface area contributed by atoms with Crippen LogP contribution in [0.3, 0.4) is 0 Å². The summed E-state index contributed by atoms with van der Waals surface area (Å²) in [7, 11) is 1.82. The summed E-state index contributed by atoms with van der Waals surface area (Å²) in [6.07, 6.45) is 7.22. The number of aromatic nitrogens is 4. The van der Waals surface area contributed by atoms with Gasteiger partial charge in [-0.1, -0.05) is 0 Å². The highest BCUT2D eigenvalue weighted by molar-refractivity contribution is 5.95. The number of carbonyl (C=O) groups excluding carboxylic acids is 1. The van der Waals surface area contributed by atoms with Crippen LogP contribution in [0.2, 0.25) is 0 Å². The van der Waals surface area contributed by atoms with Crippen molar-refractivity contribution >= 4 is 5.78 Å². The van der Waals surface area contributed by atoms with E-state index in [-0.39, 0.29) is 5.78 Å². The van der Waals surface area contributed by atoms with E-state index in [1.807, 2.05) is 24.9 Å². The number of hydrogen-bond acceptors (Lipinski definition) is 3. The van der Waals surface area contributed by atoms with E-state index in [4.69, 9.17) is 0 Å². The molecule has 0 radical (unpaired) electrons. The van der Waals surface area contributed by atoms with Gasteiger partial charge in [-0.25, -0.2) is 4.98 Å². The molecule has 0 aliphatic heterocycles. The number of rotatable bonds is 4. The largest absolute Gasteiger partial charge is 0.331 e. The zero-order valence-electron chi connectivity index (χ0n) is 9.42. The Labute approximate surface area is 93.7 Å². The zero-order valence-corrected chi connectivity index (χ0v) is 9.42. The van der Waals surface area contributed by atoms with Crippen LogP contribution in [0.25, 0.3) is 0 Å². The summed E-state index contributed by atoms with van der Waals surface area (Å²) in [6.45, 7) is 2.83. The molecule has 0 amide bonds. The lowest BCUT2D eigenvalue weighted by Crippen LogP contribution is -2.07. The average Bonchev–Trinajstić information content (AvgIpc) is 2.86. The van der Waals surface area contributed by atoms with Crippen molar-refractivity contribution in [3.63, 3.8) is 0 Å². The number of ketones is 1. The number of hydrogen-bond donors (Lipinski definition) is 0. The minimum Gasteiger partial charge on any atom is -0.331 e. The molecule has 5 heteroatoms. The molecule has 0 spiro atoms. The lowest BCUT2D eigenvalue weighted by atomic mass is 10.1. The molecular formula is C11H14N4O. The summed E-state index contributed by atoms with van der Waals surface area (Å²) in [5, 5.41) is 4.13. The van der Waals surface area contributed by atoms with Crippen LogP contribution in [0.4, 0.5) is 0 Å². The van der Waals surface area contributed by atoms with E-state index in [0.29, 0.717) is 12.1 Å². The molecule has 0 aliphatic rings. The fraction of sp³-hybridized carbons (Fsp3) is 0.364. The van der Waals surface area contributed by atoms with E-state index in [2.05, 4.69) is 10.1 Å². The van der Waals surface area contributed by atoms with Crippen molar-refractivity contribution in [3.05, 3.63) is 36.2 Å². The van der Waals surface area contributed by atoms with Crippen LogP contribution >= 0.6 is 0 Å². The molecular weight excluding hydrogens is 204 g/mol. The summed E-state index contributed by atoms with van der Waals surface area (Å²) >= 11 is 0. The van der Waals surface area contributed by atoms with Crippen LogP contribution in [0, 0.1) is 0 Å². The normalized spacial score (nSPS) is 10.6. The van der Waals surface area contributed by atoms with Gasteiger partial charge in [0.15, 0.2) is 5.78 Å². The van der Waals surface area contributed by atoms with Crippen LogP contribution in [-0.4, -0.2) is 25.1 Å². The smallest absolute Gasteiger partial charge is 0.185 e. The van der Waals surface area contributed by atoms with Gasteiger partial charge in [-0.2, -0.15) is 5.10 Å². The van der Waals surface area contributed by atoms with Gasteiger partial charge in [0.25, 0.3) is 0 Å². The molecule has 0 atom stereocenters. The van der Waals surface area contributed by atoms with E-state index < -0.39 is 0 Å². The van der Waals surface area contributed by atoms with Crippen LogP contribution in [0.5, 0.6) is 0 Å². The van der Waals surface area contributed by atoms with E-state index in [9.17, 15) is 4.79 Å². The number of Topliss-reactive ketones (excluding diaryl/α,β-unsaturated/α-hetero) is 1.